The summed E-state index contributed by atoms with van der Waals surface area (Å²) in [5.74, 6) is 1.28. The van der Waals surface area contributed by atoms with E-state index in [0.29, 0.717) is 42.9 Å². The second kappa shape index (κ2) is 11.2. The molecule has 0 saturated carbocycles. The van der Waals surface area contributed by atoms with Crippen LogP contribution in [0.2, 0.25) is 0 Å². The molecule has 0 spiro atoms. The molecule has 0 bridgehead atoms. The molecular formula is C18H29ClN2O3. The van der Waals surface area contributed by atoms with Gasteiger partial charge in [-0.1, -0.05) is 13.8 Å². The number of carbonyl (C=O) groups excluding carboxylic acids is 1. The summed E-state index contributed by atoms with van der Waals surface area (Å²) in [5, 5.41) is 6.36. The average molecular weight is 357 g/mol. The van der Waals surface area contributed by atoms with Gasteiger partial charge in [0.05, 0.1) is 13.2 Å². The predicted octanol–water partition coefficient (Wildman–Crippen LogP) is 3.17. The third-order valence-electron chi connectivity index (χ3n) is 3.80. The van der Waals surface area contributed by atoms with Gasteiger partial charge in [-0.05, 0) is 50.4 Å². The highest BCUT2D eigenvalue weighted by molar-refractivity contribution is 5.94. The van der Waals surface area contributed by atoms with E-state index in [-0.39, 0.29) is 18.3 Å². The number of nitrogens with one attached hydrogen (secondary N) is 2. The lowest BCUT2D eigenvalue weighted by atomic mass is 10.1. The monoisotopic (exact) mass is 356 g/mol. The van der Waals surface area contributed by atoms with Crippen LogP contribution in [0.15, 0.2) is 18.2 Å². The molecule has 1 aromatic carbocycles. The Morgan fingerprint density at radius 1 is 1.21 bits per heavy atom. The van der Waals surface area contributed by atoms with Gasteiger partial charge in [0, 0.05) is 18.2 Å². The SMILES string of the molecule is CCCOc1ccc(C(=O)NCC2CCCN2)cc1OCCC.Cl. The first-order chi connectivity index (χ1) is 11.2. The van der Waals surface area contributed by atoms with E-state index in [0.717, 1.165) is 25.8 Å². The van der Waals surface area contributed by atoms with Gasteiger partial charge < -0.3 is 20.1 Å². The molecule has 6 heteroatoms. The number of halogens is 1. The van der Waals surface area contributed by atoms with Gasteiger partial charge in [0.1, 0.15) is 0 Å². The molecular weight excluding hydrogens is 328 g/mol. The zero-order chi connectivity index (χ0) is 16.5. The fourth-order valence-electron chi connectivity index (χ4n) is 2.55. The summed E-state index contributed by atoms with van der Waals surface area (Å²) in [5.41, 5.74) is 0.609. The van der Waals surface area contributed by atoms with Crippen molar-refractivity contribution in [3.8, 4) is 11.5 Å². The smallest absolute Gasteiger partial charge is 0.251 e. The van der Waals surface area contributed by atoms with E-state index in [1.807, 2.05) is 6.07 Å². The normalized spacial score (nSPS) is 16.3. The van der Waals surface area contributed by atoms with Gasteiger partial charge in [0.15, 0.2) is 11.5 Å². The maximum atomic E-state index is 12.3. The van der Waals surface area contributed by atoms with Crippen LogP contribution in [0.1, 0.15) is 49.9 Å². The average Bonchev–Trinajstić information content (AvgIpc) is 3.09. The molecule has 136 valence electrons. The van der Waals surface area contributed by atoms with E-state index in [9.17, 15) is 4.79 Å². The molecule has 1 fully saturated rings. The molecule has 1 heterocycles. The van der Waals surface area contributed by atoms with Crippen LogP contribution in [-0.4, -0.2) is 38.3 Å². The maximum absolute atomic E-state index is 12.3. The molecule has 0 aliphatic carbocycles. The number of hydrogen-bond donors (Lipinski definition) is 2. The minimum Gasteiger partial charge on any atom is -0.490 e. The highest BCUT2D eigenvalue weighted by atomic mass is 35.5. The Kier molecular flexibility index (Phi) is 9.57. The molecule has 24 heavy (non-hydrogen) atoms. The Labute approximate surface area is 150 Å². The summed E-state index contributed by atoms with van der Waals surface area (Å²) in [6, 6.07) is 5.78. The summed E-state index contributed by atoms with van der Waals surface area (Å²) in [6.07, 6.45) is 4.15. The highest BCUT2D eigenvalue weighted by Gasteiger charge is 2.16. The van der Waals surface area contributed by atoms with Crippen molar-refractivity contribution >= 4 is 18.3 Å². The second-order valence-electron chi connectivity index (χ2n) is 5.86. The first-order valence-electron chi connectivity index (χ1n) is 8.65. The number of rotatable bonds is 9. The van der Waals surface area contributed by atoms with Crippen molar-refractivity contribution in [2.45, 2.75) is 45.6 Å². The van der Waals surface area contributed by atoms with E-state index in [2.05, 4.69) is 24.5 Å². The standard InChI is InChI=1S/C18H28N2O3.ClH/c1-3-10-22-16-8-7-14(12-17(16)23-11-4-2)18(21)20-13-15-6-5-9-19-15;/h7-8,12,15,19H,3-6,9-11,13H2,1-2H3,(H,20,21);1H. The molecule has 1 saturated heterocycles. The second-order valence-corrected chi connectivity index (χ2v) is 5.86. The summed E-state index contributed by atoms with van der Waals surface area (Å²) >= 11 is 0. The van der Waals surface area contributed by atoms with E-state index in [1.165, 1.54) is 6.42 Å². The van der Waals surface area contributed by atoms with Crippen molar-refractivity contribution in [3.63, 3.8) is 0 Å². The Morgan fingerprint density at radius 3 is 2.54 bits per heavy atom. The third kappa shape index (κ3) is 6.21. The predicted molar refractivity (Wildman–Crippen MR) is 98.6 cm³/mol. The molecule has 5 nitrogen and oxygen atoms in total. The molecule has 1 aromatic rings. The Hall–Kier alpha value is -1.46. The first kappa shape index (κ1) is 20.6. The van der Waals surface area contributed by atoms with Crippen LogP contribution >= 0.6 is 12.4 Å². The number of ether oxygens (including phenoxy) is 2. The van der Waals surface area contributed by atoms with Crippen molar-refractivity contribution < 1.29 is 14.3 Å². The Morgan fingerprint density at radius 2 is 1.92 bits per heavy atom. The molecule has 0 radical (unpaired) electrons. The van der Waals surface area contributed by atoms with Crippen molar-refractivity contribution in [1.29, 1.82) is 0 Å². The van der Waals surface area contributed by atoms with Crippen LogP contribution in [0, 0.1) is 0 Å². The van der Waals surface area contributed by atoms with Crippen LogP contribution < -0.4 is 20.1 Å². The summed E-state index contributed by atoms with van der Waals surface area (Å²) in [4.78, 5) is 12.3. The van der Waals surface area contributed by atoms with Crippen LogP contribution in [0.3, 0.4) is 0 Å². The van der Waals surface area contributed by atoms with Crippen LogP contribution in [-0.2, 0) is 0 Å². The zero-order valence-electron chi connectivity index (χ0n) is 14.6. The summed E-state index contributed by atoms with van der Waals surface area (Å²) < 4.78 is 11.4. The van der Waals surface area contributed by atoms with E-state index in [4.69, 9.17) is 9.47 Å². The van der Waals surface area contributed by atoms with Gasteiger partial charge in [-0.2, -0.15) is 0 Å². The minimum absolute atomic E-state index is 0. The van der Waals surface area contributed by atoms with Crippen molar-refractivity contribution in [3.05, 3.63) is 23.8 Å². The topological polar surface area (TPSA) is 59.6 Å². The molecule has 1 unspecified atom stereocenters. The van der Waals surface area contributed by atoms with Crippen LogP contribution in [0.4, 0.5) is 0 Å². The summed E-state index contributed by atoms with van der Waals surface area (Å²) in [7, 11) is 0. The van der Waals surface area contributed by atoms with E-state index in [1.54, 1.807) is 12.1 Å². The fraction of sp³-hybridized carbons (Fsp3) is 0.611. The molecule has 1 amide bonds. The molecule has 1 aliphatic heterocycles. The van der Waals surface area contributed by atoms with Crippen LogP contribution in [0.25, 0.3) is 0 Å². The minimum atomic E-state index is -0.0675. The molecule has 2 N–H and O–H groups in total. The van der Waals surface area contributed by atoms with E-state index >= 15 is 0 Å². The van der Waals surface area contributed by atoms with Gasteiger partial charge in [-0.25, -0.2) is 0 Å². The van der Waals surface area contributed by atoms with Crippen molar-refractivity contribution in [2.24, 2.45) is 0 Å². The van der Waals surface area contributed by atoms with E-state index < -0.39 is 0 Å². The van der Waals surface area contributed by atoms with Gasteiger partial charge in [0.25, 0.3) is 5.91 Å². The molecule has 1 atom stereocenters. The number of benzene rings is 1. The fourth-order valence-corrected chi connectivity index (χ4v) is 2.55. The largest absolute Gasteiger partial charge is 0.490 e. The van der Waals surface area contributed by atoms with Crippen molar-refractivity contribution in [1.82, 2.24) is 10.6 Å². The Balaban J connectivity index is 0.00000288. The van der Waals surface area contributed by atoms with Gasteiger partial charge in [-0.3, -0.25) is 4.79 Å². The zero-order valence-corrected chi connectivity index (χ0v) is 15.4. The molecule has 0 aromatic heterocycles. The van der Waals surface area contributed by atoms with Crippen LogP contribution in [0.5, 0.6) is 11.5 Å². The lowest BCUT2D eigenvalue weighted by Crippen LogP contribution is -2.37. The lowest BCUT2D eigenvalue weighted by molar-refractivity contribution is 0.0949. The first-order valence-corrected chi connectivity index (χ1v) is 8.65. The number of hydrogen-bond acceptors (Lipinski definition) is 4. The lowest BCUT2D eigenvalue weighted by Gasteiger charge is -2.15. The van der Waals surface area contributed by atoms with Crippen molar-refractivity contribution in [2.75, 3.05) is 26.3 Å². The maximum Gasteiger partial charge on any atom is 0.251 e. The van der Waals surface area contributed by atoms with Gasteiger partial charge >= 0.3 is 0 Å². The van der Waals surface area contributed by atoms with Gasteiger partial charge in [-0.15, -0.1) is 12.4 Å². The molecule has 2 rings (SSSR count). The third-order valence-corrected chi connectivity index (χ3v) is 3.80. The number of carbonyl (C=O) groups is 1. The number of amides is 1. The highest BCUT2D eigenvalue weighted by Crippen LogP contribution is 2.29. The Bertz CT molecular complexity index is 505. The summed E-state index contributed by atoms with van der Waals surface area (Å²) in [6.45, 7) is 7.07. The molecule has 1 aliphatic rings. The van der Waals surface area contributed by atoms with Gasteiger partial charge in [0.2, 0.25) is 0 Å². The quantitative estimate of drug-likeness (QED) is 0.713.